The largest absolute Gasteiger partial charge is 0.497 e. The molecule has 1 aliphatic carbocycles. The van der Waals surface area contributed by atoms with Crippen LogP contribution in [0.5, 0.6) is 5.75 Å². The van der Waals surface area contributed by atoms with E-state index < -0.39 is 5.09 Å². The number of unbranched alkanes of at least 4 members (excludes halogenated alkanes) is 1. The predicted molar refractivity (Wildman–Crippen MR) is 140 cm³/mol. The highest BCUT2D eigenvalue weighted by molar-refractivity contribution is 5.76. The summed E-state index contributed by atoms with van der Waals surface area (Å²) in [6.45, 7) is 3.78. The Morgan fingerprint density at radius 3 is 2.30 bits per heavy atom. The molecule has 2 aliphatic rings. The van der Waals surface area contributed by atoms with Crippen LogP contribution in [0.1, 0.15) is 37.7 Å². The van der Waals surface area contributed by atoms with Crippen LogP contribution in [0.4, 0.5) is 5.69 Å². The summed E-state index contributed by atoms with van der Waals surface area (Å²) in [5, 5.41) is 9.22. The maximum Gasteiger partial charge on any atom is 0.294 e. The first-order valence-electron chi connectivity index (χ1n) is 12.7. The van der Waals surface area contributed by atoms with Gasteiger partial charge in [-0.1, -0.05) is 30.3 Å². The van der Waals surface area contributed by atoms with Gasteiger partial charge < -0.3 is 24.3 Å². The van der Waals surface area contributed by atoms with Gasteiger partial charge in [0.2, 0.25) is 12.3 Å². The molecule has 1 saturated heterocycles. The molecule has 0 spiro atoms. The van der Waals surface area contributed by atoms with Crippen molar-refractivity contribution in [3.05, 3.63) is 70.3 Å². The first-order chi connectivity index (χ1) is 18.0. The molecule has 2 fully saturated rings. The molecule has 200 valence electrons. The number of amides is 2. The highest BCUT2D eigenvalue weighted by Crippen LogP contribution is 2.26. The molecule has 0 aromatic heterocycles. The van der Waals surface area contributed by atoms with E-state index in [1.165, 1.54) is 18.4 Å². The Morgan fingerprint density at radius 2 is 1.73 bits per heavy atom. The molecule has 1 heterocycles. The van der Waals surface area contributed by atoms with Crippen molar-refractivity contribution in [2.24, 2.45) is 0 Å². The third-order valence-corrected chi connectivity index (χ3v) is 6.41. The van der Waals surface area contributed by atoms with Gasteiger partial charge in [0.1, 0.15) is 5.75 Å². The van der Waals surface area contributed by atoms with Gasteiger partial charge in [0.15, 0.2) is 0 Å². The van der Waals surface area contributed by atoms with Gasteiger partial charge in [-0.25, -0.2) is 0 Å². The van der Waals surface area contributed by atoms with Crippen LogP contribution >= 0.6 is 0 Å². The van der Waals surface area contributed by atoms with E-state index in [2.05, 4.69) is 21.9 Å². The van der Waals surface area contributed by atoms with Gasteiger partial charge in [0.25, 0.3) is 5.09 Å². The van der Waals surface area contributed by atoms with E-state index in [4.69, 9.17) is 4.74 Å². The second-order valence-electron chi connectivity index (χ2n) is 9.07. The van der Waals surface area contributed by atoms with Crippen LogP contribution in [0.2, 0.25) is 0 Å². The molecule has 2 aromatic rings. The highest BCUT2D eigenvalue weighted by atomic mass is 16.9. The fraction of sp³-hybridized carbons (Fsp3) is 0.481. The van der Waals surface area contributed by atoms with E-state index in [1.807, 2.05) is 52.3 Å². The van der Waals surface area contributed by atoms with Gasteiger partial charge in [-0.15, -0.1) is 10.1 Å². The van der Waals surface area contributed by atoms with Crippen molar-refractivity contribution in [1.29, 1.82) is 0 Å². The van der Waals surface area contributed by atoms with Gasteiger partial charge in [-0.3, -0.25) is 9.59 Å². The summed E-state index contributed by atoms with van der Waals surface area (Å²) in [6, 6.07) is 18.5. The highest BCUT2D eigenvalue weighted by Gasteiger charge is 2.27. The number of piperazine rings is 1. The van der Waals surface area contributed by atoms with Crippen LogP contribution in [0.3, 0.4) is 0 Å². The van der Waals surface area contributed by atoms with E-state index in [0.717, 1.165) is 37.5 Å². The molecule has 1 aliphatic heterocycles. The fourth-order valence-electron chi connectivity index (χ4n) is 4.14. The summed E-state index contributed by atoms with van der Waals surface area (Å²) < 4.78 is 5.16. The van der Waals surface area contributed by atoms with E-state index in [0.29, 0.717) is 38.4 Å². The number of hydrogen-bond acceptors (Lipinski definition) is 7. The maximum absolute atomic E-state index is 12.1. The zero-order valence-corrected chi connectivity index (χ0v) is 21.4. The van der Waals surface area contributed by atoms with Gasteiger partial charge in [0, 0.05) is 50.9 Å². The number of benzene rings is 2. The lowest BCUT2D eigenvalue weighted by Crippen LogP contribution is -2.48. The second kappa shape index (κ2) is 14.7. The number of anilines is 1. The van der Waals surface area contributed by atoms with Crippen molar-refractivity contribution in [3.8, 4) is 5.75 Å². The van der Waals surface area contributed by atoms with Crippen LogP contribution in [0, 0.1) is 10.1 Å². The average Bonchev–Trinajstić information content (AvgIpc) is 3.78. The first kappa shape index (κ1) is 27.8. The smallest absolute Gasteiger partial charge is 0.294 e. The minimum absolute atomic E-state index is 0.0472. The van der Waals surface area contributed by atoms with Gasteiger partial charge >= 0.3 is 0 Å². The quantitative estimate of drug-likeness (QED) is 0.185. The van der Waals surface area contributed by atoms with Gasteiger partial charge in [-0.05, 0) is 55.5 Å². The van der Waals surface area contributed by atoms with Crippen molar-refractivity contribution in [2.45, 2.75) is 44.7 Å². The number of rotatable bonds is 12. The van der Waals surface area contributed by atoms with E-state index in [-0.39, 0.29) is 12.5 Å². The zero-order chi connectivity index (χ0) is 26.5. The Balaban J connectivity index is 0.000000244. The Morgan fingerprint density at radius 1 is 1.05 bits per heavy atom. The molecule has 10 nitrogen and oxygen atoms in total. The summed E-state index contributed by atoms with van der Waals surface area (Å²) in [6.07, 6.45) is 4.83. The Bertz CT molecular complexity index is 976. The molecule has 0 unspecified atom stereocenters. The van der Waals surface area contributed by atoms with Crippen LogP contribution in [-0.2, 0) is 21.0 Å². The third kappa shape index (κ3) is 9.63. The molecule has 2 aromatic carbocycles. The summed E-state index contributed by atoms with van der Waals surface area (Å²) in [5.41, 5.74) is 2.33. The van der Waals surface area contributed by atoms with E-state index in [1.54, 1.807) is 7.11 Å². The van der Waals surface area contributed by atoms with Crippen molar-refractivity contribution < 1.29 is 24.3 Å². The second-order valence-corrected chi connectivity index (χ2v) is 9.07. The van der Waals surface area contributed by atoms with Gasteiger partial charge in [0.05, 0.1) is 13.7 Å². The zero-order valence-electron chi connectivity index (χ0n) is 21.4. The lowest BCUT2D eigenvalue weighted by molar-refractivity contribution is -0.757. The van der Waals surface area contributed by atoms with Crippen molar-refractivity contribution >= 4 is 18.0 Å². The minimum Gasteiger partial charge on any atom is -0.497 e. The van der Waals surface area contributed by atoms with Crippen LogP contribution < -0.4 is 9.64 Å². The summed E-state index contributed by atoms with van der Waals surface area (Å²) in [7, 11) is 1.64. The maximum atomic E-state index is 12.1. The minimum atomic E-state index is -0.805. The molecule has 10 heteroatoms. The topological polar surface area (TPSA) is 105 Å². The Labute approximate surface area is 217 Å². The number of ether oxygens (including phenoxy) is 1. The Kier molecular flexibility index (Phi) is 11.0. The summed E-state index contributed by atoms with van der Waals surface area (Å²) in [5.74, 6) is 0.930. The number of carbonyl (C=O) groups is 2. The number of methoxy groups -OCH3 is 1. The van der Waals surface area contributed by atoms with Gasteiger partial charge in [-0.2, -0.15) is 0 Å². The first-order valence-corrected chi connectivity index (χ1v) is 12.7. The fourth-order valence-corrected chi connectivity index (χ4v) is 4.14. The molecule has 0 atom stereocenters. The van der Waals surface area contributed by atoms with Crippen molar-refractivity contribution in [2.75, 3.05) is 44.8 Å². The molecule has 0 radical (unpaired) electrons. The summed E-state index contributed by atoms with van der Waals surface area (Å²) >= 11 is 0. The van der Waals surface area contributed by atoms with E-state index in [9.17, 15) is 19.7 Å². The molecule has 0 N–H and O–H groups in total. The third-order valence-electron chi connectivity index (χ3n) is 6.41. The normalized spacial score (nSPS) is 14.7. The molecule has 1 saturated carbocycles. The molecular formula is C27H36N4O6. The number of carbonyl (C=O) groups excluding carboxylic acids is 2. The standard InChI is InChI=1S/C16H23N3O5.C11H13NO/c1-23-15-7-5-14(6-8-15)17-9-11-18(12-10-17)16(20)4-2-3-13-24-19(21)22;13-9-12(11-6-7-11)8-10-4-2-1-3-5-10/h5-8H,2-4,9-13H2,1H3;1-5,9,11H,6-8H2. The number of nitrogens with zero attached hydrogens (tertiary/aromatic N) is 4. The molecule has 0 bridgehead atoms. The average molecular weight is 513 g/mol. The Hall–Kier alpha value is -3.82. The SMILES string of the molecule is COc1ccc(N2CCN(C(=O)CCCCO[N+](=O)[O-])CC2)cc1.O=CN(Cc1ccccc1)C1CC1. The molecule has 2 amide bonds. The predicted octanol–water partition coefficient (Wildman–Crippen LogP) is 3.53. The monoisotopic (exact) mass is 512 g/mol. The summed E-state index contributed by atoms with van der Waals surface area (Å²) in [4.78, 5) is 43.1. The molecular weight excluding hydrogens is 476 g/mol. The van der Waals surface area contributed by atoms with Crippen molar-refractivity contribution in [3.63, 3.8) is 0 Å². The molecule has 4 rings (SSSR count). The molecule has 37 heavy (non-hydrogen) atoms. The van der Waals surface area contributed by atoms with Crippen LogP contribution in [0.15, 0.2) is 54.6 Å². The lowest BCUT2D eigenvalue weighted by atomic mass is 10.2. The van der Waals surface area contributed by atoms with Crippen LogP contribution in [-0.4, -0.2) is 73.1 Å². The van der Waals surface area contributed by atoms with E-state index >= 15 is 0 Å². The lowest BCUT2D eigenvalue weighted by Gasteiger charge is -2.36. The van der Waals surface area contributed by atoms with Crippen LogP contribution in [0.25, 0.3) is 0 Å². The van der Waals surface area contributed by atoms with Crippen molar-refractivity contribution in [1.82, 2.24) is 9.80 Å². The number of hydrogen-bond donors (Lipinski definition) is 0.